The zero-order valence-electron chi connectivity index (χ0n) is 11.8. The Bertz CT molecular complexity index is 413. The molecule has 5 nitrogen and oxygen atoms in total. The molecule has 5 heteroatoms. The lowest BCUT2D eigenvalue weighted by Crippen LogP contribution is -2.40. The first-order valence-corrected chi connectivity index (χ1v) is 6.64. The third kappa shape index (κ3) is 2.32. The molecule has 1 aromatic heterocycles. The lowest BCUT2D eigenvalue weighted by Gasteiger charge is -2.33. The minimum Gasteiger partial charge on any atom is -0.394 e. The van der Waals surface area contributed by atoms with Crippen LogP contribution in [0, 0.1) is 0 Å². The van der Waals surface area contributed by atoms with Crippen LogP contribution in [0.5, 0.6) is 0 Å². The summed E-state index contributed by atoms with van der Waals surface area (Å²) in [5.74, 6) is 1.40. The van der Waals surface area contributed by atoms with Crippen molar-refractivity contribution in [3.63, 3.8) is 0 Å². The summed E-state index contributed by atoms with van der Waals surface area (Å²) in [7, 11) is 3.74. The third-order valence-corrected chi connectivity index (χ3v) is 3.64. The zero-order chi connectivity index (χ0) is 13.3. The van der Waals surface area contributed by atoms with Gasteiger partial charge >= 0.3 is 0 Å². The van der Waals surface area contributed by atoms with Crippen molar-refractivity contribution in [2.24, 2.45) is 7.05 Å². The highest BCUT2D eigenvalue weighted by atomic mass is 16.5. The molecule has 1 aliphatic heterocycles. The number of aromatic nitrogens is 2. The second-order valence-electron chi connectivity index (χ2n) is 5.35. The standard InChI is InChI=1S/C13H24N4O/c1-9(2)12-11(14)13(16(3)15-12)17-7-5-6-10(8-17)18-4/h9-10H,5-8,14H2,1-4H3. The number of aryl methyl sites for hydroxylation is 1. The number of anilines is 2. The fourth-order valence-corrected chi connectivity index (χ4v) is 2.68. The minimum absolute atomic E-state index is 0.301. The third-order valence-electron chi connectivity index (χ3n) is 3.64. The summed E-state index contributed by atoms with van der Waals surface area (Å²) in [6.07, 6.45) is 2.57. The molecule has 2 heterocycles. The number of nitrogens with zero attached hydrogens (tertiary/aromatic N) is 3. The molecule has 1 aliphatic rings. The Morgan fingerprint density at radius 1 is 1.44 bits per heavy atom. The Morgan fingerprint density at radius 3 is 2.72 bits per heavy atom. The fraction of sp³-hybridized carbons (Fsp3) is 0.769. The van der Waals surface area contributed by atoms with Crippen molar-refractivity contribution in [3.05, 3.63) is 5.69 Å². The molecule has 1 aromatic rings. The summed E-state index contributed by atoms with van der Waals surface area (Å²) in [6, 6.07) is 0. The maximum atomic E-state index is 6.26. The molecule has 0 aromatic carbocycles. The van der Waals surface area contributed by atoms with E-state index in [0.29, 0.717) is 12.0 Å². The molecule has 0 aliphatic carbocycles. The molecule has 1 unspecified atom stereocenters. The van der Waals surface area contributed by atoms with Crippen LogP contribution in [0.3, 0.4) is 0 Å². The molecule has 0 amide bonds. The van der Waals surface area contributed by atoms with Gasteiger partial charge in [-0.3, -0.25) is 4.68 Å². The van der Waals surface area contributed by atoms with Gasteiger partial charge in [0.25, 0.3) is 0 Å². The van der Waals surface area contributed by atoms with Gasteiger partial charge in [-0.05, 0) is 18.8 Å². The molecule has 0 radical (unpaired) electrons. The molecule has 102 valence electrons. The van der Waals surface area contributed by atoms with Gasteiger partial charge in [0.2, 0.25) is 0 Å². The second-order valence-corrected chi connectivity index (χ2v) is 5.35. The molecule has 0 spiro atoms. The molecule has 2 N–H and O–H groups in total. The minimum atomic E-state index is 0.301. The zero-order valence-corrected chi connectivity index (χ0v) is 11.8. The summed E-state index contributed by atoms with van der Waals surface area (Å²) in [5.41, 5.74) is 8.07. The highest BCUT2D eigenvalue weighted by Gasteiger charge is 2.25. The monoisotopic (exact) mass is 252 g/mol. The van der Waals surface area contributed by atoms with Crippen molar-refractivity contribution >= 4 is 11.5 Å². The van der Waals surface area contributed by atoms with Crippen LogP contribution in [0.4, 0.5) is 11.5 Å². The fourth-order valence-electron chi connectivity index (χ4n) is 2.68. The van der Waals surface area contributed by atoms with E-state index >= 15 is 0 Å². The maximum Gasteiger partial charge on any atom is 0.150 e. The predicted molar refractivity (Wildman–Crippen MR) is 74.0 cm³/mol. The van der Waals surface area contributed by atoms with Gasteiger partial charge < -0.3 is 15.4 Å². The molecule has 1 saturated heterocycles. The number of nitrogen functional groups attached to an aromatic ring is 1. The van der Waals surface area contributed by atoms with E-state index in [1.807, 2.05) is 11.7 Å². The van der Waals surface area contributed by atoms with Crippen LogP contribution in [0.2, 0.25) is 0 Å². The van der Waals surface area contributed by atoms with Crippen LogP contribution in [0.1, 0.15) is 38.3 Å². The van der Waals surface area contributed by atoms with Crippen LogP contribution in [-0.2, 0) is 11.8 Å². The molecular weight excluding hydrogens is 228 g/mol. The van der Waals surface area contributed by atoms with Crippen molar-refractivity contribution in [3.8, 4) is 0 Å². The number of hydrogen-bond acceptors (Lipinski definition) is 4. The van der Waals surface area contributed by atoms with E-state index in [1.54, 1.807) is 7.11 Å². The first-order valence-electron chi connectivity index (χ1n) is 6.64. The summed E-state index contributed by atoms with van der Waals surface area (Å²) in [5, 5.41) is 4.54. The van der Waals surface area contributed by atoms with Crippen molar-refractivity contribution in [2.45, 2.75) is 38.7 Å². The van der Waals surface area contributed by atoms with Gasteiger partial charge in [-0.1, -0.05) is 13.8 Å². The molecule has 0 bridgehead atoms. The summed E-state index contributed by atoms with van der Waals surface area (Å²) < 4.78 is 7.37. The Hall–Kier alpha value is -1.23. The van der Waals surface area contributed by atoms with E-state index in [4.69, 9.17) is 10.5 Å². The smallest absolute Gasteiger partial charge is 0.150 e. The SMILES string of the molecule is COC1CCCN(c2c(N)c(C(C)C)nn2C)C1. The quantitative estimate of drug-likeness (QED) is 0.890. The Balaban J connectivity index is 2.27. The van der Waals surface area contributed by atoms with Gasteiger partial charge in [0.1, 0.15) is 0 Å². The second kappa shape index (κ2) is 5.18. The Labute approximate surface area is 109 Å². The number of ether oxygens (including phenoxy) is 1. The first kappa shape index (κ1) is 13.2. The van der Waals surface area contributed by atoms with Gasteiger partial charge in [-0.15, -0.1) is 0 Å². The van der Waals surface area contributed by atoms with Crippen molar-refractivity contribution < 1.29 is 4.74 Å². The van der Waals surface area contributed by atoms with Crippen molar-refractivity contribution in [1.82, 2.24) is 9.78 Å². The van der Waals surface area contributed by atoms with Gasteiger partial charge in [-0.2, -0.15) is 5.10 Å². The van der Waals surface area contributed by atoms with Gasteiger partial charge in [0.05, 0.1) is 17.5 Å². The molecule has 2 rings (SSSR count). The van der Waals surface area contributed by atoms with Crippen molar-refractivity contribution in [2.75, 3.05) is 30.8 Å². The summed E-state index contributed by atoms with van der Waals surface area (Å²) >= 11 is 0. The molecule has 18 heavy (non-hydrogen) atoms. The molecule has 1 atom stereocenters. The largest absolute Gasteiger partial charge is 0.394 e. The van der Waals surface area contributed by atoms with Crippen molar-refractivity contribution in [1.29, 1.82) is 0 Å². The first-order chi connectivity index (χ1) is 8.54. The van der Waals surface area contributed by atoms with Gasteiger partial charge in [0.15, 0.2) is 5.82 Å². The number of rotatable bonds is 3. The van der Waals surface area contributed by atoms with Crippen LogP contribution >= 0.6 is 0 Å². The number of hydrogen-bond donors (Lipinski definition) is 1. The van der Waals surface area contributed by atoms with Gasteiger partial charge in [-0.25, -0.2) is 0 Å². The van der Waals surface area contributed by atoms with Crippen LogP contribution < -0.4 is 10.6 Å². The van der Waals surface area contributed by atoms with E-state index in [-0.39, 0.29) is 0 Å². The normalized spacial score (nSPS) is 20.7. The topological polar surface area (TPSA) is 56.3 Å². The molecule has 0 saturated carbocycles. The summed E-state index contributed by atoms with van der Waals surface area (Å²) in [6.45, 7) is 6.17. The van der Waals surface area contributed by atoms with E-state index in [9.17, 15) is 0 Å². The average molecular weight is 252 g/mol. The lowest BCUT2D eigenvalue weighted by atomic mass is 10.1. The van der Waals surface area contributed by atoms with E-state index in [0.717, 1.165) is 43.1 Å². The van der Waals surface area contributed by atoms with Crippen LogP contribution in [0.15, 0.2) is 0 Å². The van der Waals surface area contributed by atoms with Crippen LogP contribution in [-0.4, -0.2) is 36.1 Å². The van der Waals surface area contributed by atoms with E-state index in [1.165, 1.54) is 0 Å². The lowest BCUT2D eigenvalue weighted by molar-refractivity contribution is 0.0890. The maximum absolute atomic E-state index is 6.26. The Kier molecular flexibility index (Phi) is 3.80. The number of piperidine rings is 1. The Morgan fingerprint density at radius 2 is 2.17 bits per heavy atom. The van der Waals surface area contributed by atoms with Crippen LogP contribution in [0.25, 0.3) is 0 Å². The predicted octanol–water partition coefficient (Wildman–Crippen LogP) is 1.74. The average Bonchev–Trinajstić information content (AvgIpc) is 2.65. The van der Waals surface area contributed by atoms with E-state index in [2.05, 4.69) is 23.8 Å². The summed E-state index contributed by atoms with van der Waals surface area (Å²) in [4.78, 5) is 2.30. The molecule has 1 fully saturated rings. The van der Waals surface area contributed by atoms with Gasteiger partial charge in [0, 0.05) is 27.2 Å². The van der Waals surface area contributed by atoms with E-state index < -0.39 is 0 Å². The highest BCUT2D eigenvalue weighted by Crippen LogP contribution is 2.32. The molecular formula is C13H24N4O. The number of nitrogens with two attached hydrogens (primary N) is 1. The highest BCUT2D eigenvalue weighted by molar-refractivity contribution is 5.67. The number of methoxy groups -OCH3 is 1.